The Balaban J connectivity index is 2.83. The minimum atomic E-state index is -3.61. The first-order chi connectivity index (χ1) is 9.89. The van der Waals surface area contributed by atoms with Gasteiger partial charge in [-0.1, -0.05) is 15.9 Å². The summed E-state index contributed by atoms with van der Waals surface area (Å²) in [6.45, 7) is 1.69. The van der Waals surface area contributed by atoms with Gasteiger partial charge in [0.1, 0.15) is 0 Å². The molecule has 6 nitrogen and oxygen atoms in total. The van der Waals surface area contributed by atoms with E-state index in [0.717, 1.165) is 0 Å². The van der Waals surface area contributed by atoms with Crippen LogP contribution in [0, 0.1) is 0 Å². The Kier molecular flexibility index (Phi) is 7.30. The third-order valence-electron chi connectivity index (χ3n) is 2.63. The van der Waals surface area contributed by atoms with Crippen molar-refractivity contribution in [3.05, 3.63) is 24.3 Å². The largest absolute Gasteiger partial charge is 0.383 e. The quantitative estimate of drug-likeness (QED) is 0.674. The summed E-state index contributed by atoms with van der Waals surface area (Å²) in [7, 11) is -2.09. The van der Waals surface area contributed by atoms with Gasteiger partial charge < -0.3 is 10.1 Å². The van der Waals surface area contributed by atoms with E-state index in [0.29, 0.717) is 24.0 Å². The Morgan fingerprint density at radius 2 is 1.95 bits per heavy atom. The van der Waals surface area contributed by atoms with Crippen LogP contribution in [0.25, 0.3) is 0 Å². The molecule has 0 aliphatic heterocycles. The van der Waals surface area contributed by atoms with Gasteiger partial charge in [0.25, 0.3) is 0 Å². The van der Waals surface area contributed by atoms with E-state index in [1.165, 1.54) is 26.2 Å². The van der Waals surface area contributed by atoms with Crippen molar-refractivity contribution in [2.24, 2.45) is 0 Å². The van der Waals surface area contributed by atoms with E-state index < -0.39 is 10.0 Å². The zero-order valence-electron chi connectivity index (χ0n) is 11.9. The summed E-state index contributed by atoms with van der Waals surface area (Å²) < 4.78 is 32.1. The van der Waals surface area contributed by atoms with Crippen LogP contribution in [-0.2, 0) is 19.6 Å². The van der Waals surface area contributed by atoms with E-state index in [2.05, 4.69) is 26.0 Å². The molecule has 0 bridgehead atoms. The lowest BCUT2D eigenvalue weighted by atomic mass is 10.3. The molecule has 1 aromatic carbocycles. The van der Waals surface area contributed by atoms with Gasteiger partial charge in [-0.25, -0.2) is 13.1 Å². The fourth-order valence-electron chi connectivity index (χ4n) is 1.72. The first-order valence-electron chi connectivity index (χ1n) is 6.34. The second kappa shape index (κ2) is 8.47. The van der Waals surface area contributed by atoms with E-state index in [9.17, 15) is 13.2 Å². The van der Waals surface area contributed by atoms with Gasteiger partial charge in [0.15, 0.2) is 0 Å². The first-order valence-corrected chi connectivity index (χ1v) is 8.94. The molecule has 0 saturated carbocycles. The lowest BCUT2D eigenvalue weighted by Crippen LogP contribution is -2.38. The Morgan fingerprint density at radius 3 is 2.43 bits per heavy atom. The van der Waals surface area contributed by atoms with Crippen molar-refractivity contribution in [1.29, 1.82) is 0 Å². The van der Waals surface area contributed by atoms with E-state index >= 15 is 0 Å². The van der Waals surface area contributed by atoms with Crippen LogP contribution >= 0.6 is 15.9 Å². The zero-order chi connectivity index (χ0) is 15.9. The number of anilines is 1. The smallest absolute Gasteiger partial charge is 0.240 e. The SMILES string of the molecule is COCC(CCBr)NS(=O)(=O)c1ccc(NC(C)=O)cc1. The second-order valence-corrected chi connectivity index (χ2v) is 6.96. The molecular formula is C13H19BrN2O4S. The predicted octanol–water partition coefficient (Wildman–Crippen LogP) is 1.72. The molecule has 1 rings (SSSR count). The molecule has 1 atom stereocenters. The van der Waals surface area contributed by atoms with Crippen LogP contribution in [-0.4, -0.2) is 39.4 Å². The highest BCUT2D eigenvalue weighted by Crippen LogP contribution is 2.15. The van der Waals surface area contributed by atoms with Crippen LogP contribution < -0.4 is 10.0 Å². The lowest BCUT2D eigenvalue weighted by molar-refractivity contribution is -0.114. The topological polar surface area (TPSA) is 84.5 Å². The molecule has 0 fully saturated rings. The minimum Gasteiger partial charge on any atom is -0.383 e. The van der Waals surface area contributed by atoms with Gasteiger partial charge in [0.05, 0.1) is 11.5 Å². The average Bonchev–Trinajstić information content (AvgIpc) is 2.38. The van der Waals surface area contributed by atoms with Crippen molar-refractivity contribution in [2.75, 3.05) is 24.4 Å². The fourth-order valence-corrected chi connectivity index (χ4v) is 3.53. The molecule has 21 heavy (non-hydrogen) atoms. The Labute approximate surface area is 133 Å². The number of nitrogens with one attached hydrogen (secondary N) is 2. The molecule has 0 aliphatic carbocycles. The monoisotopic (exact) mass is 378 g/mol. The van der Waals surface area contributed by atoms with E-state index in [4.69, 9.17) is 4.74 Å². The van der Waals surface area contributed by atoms with Gasteiger partial charge in [0, 0.05) is 31.1 Å². The van der Waals surface area contributed by atoms with Crippen molar-refractivity contribution >= 4 is 37.5 Å². The highest BCUT2D eigenvalue weighted by Gasteiger charge is 2.19. The van der Waals surface area contributed by atoms with Crippen molar-refractivity contribution in [3.8, 4) is 0 Å². The molecule has 0 aromatic heterocycles. The van der Waals surface area contributed by atoms with Gasteiger partial charge in [-0.05, 0) is 30.7 Å². The van der Waals surface area contributed by atoms with Crippen LogP contribution in [0.4, 0.5) is 5.69 Å². The van der Waals surface area contributed by atoms with Crippen LogP contribution in [0.1, 0.15) is 13.3 Å². The minimum absolute atomic E-state index is 0.146. The number of halogens is 1. The molecule has 1 aromatic rings. The van der Waals surface area contributed by atoms with Crippen LogP contribution in [0.3, 0.4) is 0 Å². The molecule has 118 valence electrons. The fraction of sp³-hybridized carbons (Fsp3) is 0.462. The standard InChI is InChI=1S/C13H19BrN2O4S/c1-10(17)15-11-3-5-13(6-4-11)21(18,19)16-12(7-8-14)9-20-2/h3-6,12,16H,7-9H2,1-2H3,(H,15,17). The summed E-state index contributed by atoms with van der Waals surface area (Å²) >= 11 is 3.29. The number of sulfonamides is 1. The molecule has 2 N–H and O–H groups in total. The summed E-state index contributed by atoms with van der Waals surface area (Å²) in [6, 6.07) is 5.70. The predicted molar refractivity (Wildman–Crippen MR) is 85.1 cm³/mol. The molecule has 1 unspecified atom stereocenters. The highest BCUT2D eigenvalue weighted by atomic mass is 79.9. The maximum atomic E-state index is 12.3. The molecule has 1 amide bonds. The number of alkyl halides is 1. The summed E-state index contributed by atoms with van der Waals surface area (Å²) in [6.07, 6.45) is 0.622. The van der Waals surface area contributed by atoms with Crippen molar-refractivity contribution in [2.45, 2.75) is 24.3 Å². The number of hydrogen-bond acceptors (Lipinski definition) is 4. The van der Waals surface area contributed by atoms with E-state index in [-0.39, 0.29) is 16.8 Å². The van der Waals surface area contributed by atoms with Gasteiger partial charge in [-0.15, -0.1) is 0 Å². The summed E-state index contributed by atoms with van der Waals surface area (Å²) in [5, 5.41) is 3.26. The number of amides is 1. The van der Waals surface area contributed by atoms with Crippen LogP contribution in [0.2, 0.25) is 0 Å². The molecular weight excluding hydrogens is 360 g/mol. The van der Waals surface area contributed by atoms with Gasteiger partial charge >= 0.3 is 0 Å². The summed E-state index contributed by atoms with van der Waals surface area (Å²) in [5.41, 5.74) is 0.551. The van der Waals surface area contributed by atoms with E-state index in [1.54, 1.807) is 12.1 Å². The summed E-state index contributed by atoms with van der Waals surface area (Å²) in [4.78, 5) is 11.1. The van der Waals surface area contributed by atoms with Crippen molar-refractivity contribution in [1.82, 2.24) is 4.72 Å². The van der Waals surface area contributed by atoms with Gasteiger partial charge in [0.2, 0.25) is 15.9 Å². The average molecular weight is 379 g/mol. The van der Waals surface area contributed by atoms with Gasteiger partial charge in [-0.3, -0.25) is 4.79 Å². The summed E-state index contributed by atoms with van der Waals surface area (Å²) in [5.74, 6) is -0.207. The van der Waals surface area contributed by atoms with Crippen LogP contribution in [0.15, 0.2) is 29.2 Å². The maximum absolute atomic E-state index is 12.3. The van der Waals surface area contributed by atoms with Gasteiger partial charge in [-0.2, -0.15) is 0 Å². The normalized spacial score (nSPS) is 12.9. The Hall–Kier alpha value is -0.960. The number of benzene rings is 1. The number of carbonyl (C=O) groups excluding carboxylic acids is 1. The molecule has 0 saturated heterocycles. The number of carbonyl (C=O) groups is 1. The number of hydrogen-bond donors (Lipinski definition) is 2. The van der Waals surface area contributed by atoms with Crippen molar-refractivity contribution < 1.29 is 17.9 Å². The third kappa shape index (κ3) is 6.13. The third-order valence-corrected chi connectivity index (χ3v) is 4.63. The molecule has 0 radical (unpaired) electrons. The Bertz CT molecular complexity index is 554. The lowest BCUT2D eigenvalue weighted by Gasteiger charge is -2.17. The second-order valence-electron chi connectivity index (χ2n) is 4.46. The molecule has 0 heterocycles. The number of ether oxygens (including phenoxy) is 1. The molecule has 8 heteroatoms. The molecule has 0 spiro atoms. The van der Waals surface area contributed by atoms with Crippen LogP contribution in [0.5, 0.6) is 0 Å². The Morgan fingerprint density at radius 1 is 1.33 bits per heavy atom. The van der Waals surface area contributed by atoms with Crippen molar-refractivity contribution in [3.63, 3.8) is 0 Å². The zero-order valence-corrected chi connectivity index (χ0v) is 14.3. The number of rotatable bonds is 8. The van der Waals surface area contributed by atoms with E-state index in [1.807, 2.05) is 0 Å². The highest BCUT2D eigenvalue weighted by molar-refractivity contribution is 9.09. The number of methoxy groups -OCH3 is 1. The molecule has 0 aliphatic rings. The first kappa shape index (κ1) is 18.1. The maximum Gasteiger partial charge on any atom is 0.240 e.